The van der Waals surface area contributed by atoms with Gasteiger partial charge in [0.05, 0.1) is 0 Å². The SMILES string of the molecule is C1=Cc2cccc3cccc1c23.[H+]. The number of benzene rings is 2. The average Bonchev–Trinajstić information content (AvgIpc) is 2.52. The minimum Gasteiger partial charge on any atom is -0.0610 e. The van der Waals surface area contributed by atoms with Gasteiger partial charge >= 0.3 is 1.43 Å². The molecule has 1 aliphatic rings. The molecule has 0 saturated carbocycles. The highest BCUT2D eigenvalue weighted by atomic mass is 14.1. The van der Waals surface area contributed by atoms with Crippen molar-refractivity contribution in [2.24, 2.45) is 0 Å². The van der Waals surface area contributed by atoms with Gasteiger partial charge in [0, 0.05) is 0 Å². The summed E-state index contributed by atoms with van der Waals surface area (Å²) in [4.78, 5) is 0. The van der Waals surface area contributed by atoms with Crippen LogP contribution >= 0.6 is 0 Å². The van der Waals surface area contributed by atoms with Crippen LogP contribution in [0.5, 0.6) is 0 Å². The molecule has 1 aliphatic carbocycles. The molecule has 0 fully saturated rings. The lowest BCUT2D eigenvalue weighted by Gasteiger charge is -1.99. The number of hydrogen-bond acceptors (Lipinski definition) is 0. The number of rotatable bonds is 0. The highest BCUT2D eigenvalue weighted by Gasteiger charge is 2.06. The zero-order valence-electron chi connectivity index (χ0n) is 7.62. The summed E-state index contributed by atoms with van der Waals surface area (Å²) in [6.45, 7) is 0. The first-order chi connectivity index (χ1) is 5.95. The van der Waals surface area contributed by atoms with Crippen LogP contribution in [0.3, 0.4) is 0 Å². The summed E-state index contributed by atoms with van der Waals surface area (Å²) in [5.41, 5.74) is 2.70. The zero-order valence-corrected chi connectivity index (χ0v) is 6.62. The summed E-state index contributed by atoms with van der Waals surface area (Å²) in [6, 6.07) is 12.9. The normalized spacial score (nSPS) is 12.7. The molecule has 0 amide bonds. The van der Waals surface area contributed by atoms with Crippen LogP contribution < -0.4 is 0 Å². The van der Waals surface area contributed by atoms with E-state index in [1.54, 1.807) is 0 Å². The summed E-state index contributed by atoms with van der Waals surface area (Å²) < 4.78 is 0. The van der Waals surface area contributed by atoms with Crippen LogP contribution in [0, 0.1) is 0 Å². The molecule has 0 radical (unpaired) electrons. The van der Waals surface area contributed by atoms with Crippen molar-refractivity contribution in [3.05, 3.63) is 47.5 Å². The van der Waals surface area contributed by atoms with E-state index in [1.807, 2.05) is 0 Å². The molecule has 2 aromatic rings. The molecule has 0 unspecified atom stereocenters. The van der Waals surface area contributed by atoms with Gasteiger partial charge < -0.3 is 0 Å². The molecule has 0 nitrogen and oxygen atoms in total. The van der Waals surface area contributed by atoms with Crippen LogP contribution in [0.25, 0.3) is 22.9 Å². The first kappa shape index (κ1) is 6.01. The van der Waals surface area contributed by atoms with Crippen LogP contribution in [0.4, 0.5) is 0 Å². The second-order valence-corrected chi connectivity index (χ2v) is 3.13. The smallest absolute Gasteiger partial charge is 0.0610 e. The Morgan fingerprint density at radius 2 is 1.33 bits per heavy atom. The number of hydrogen-bond donors (Lipinski definition) is 0. The van der Waals surface area contributed by atoms with E-state index in [0.717, 1.165) is 0 Å². The van der Waals surface area contributed by atoms with Crippen LogP contribution in [0.2, 0.25) is 0 Å². The molecule has 0 spiro atoms. The Balaban J connectivity index is 0.000000653. The van der Waals surface area contributed by atoms with E-state index < -0.39 is 0 Å². The second kappa shape index (κ2) is 1.98. The van der Waals surface area contributed by atoms with Crippen molar-refractivity contribution in [3.63, 3.8) is 0 Å². The maximum absolute atomic E-state index is 2.18. The summed E-state index contributed by atoms with van der Waals surface area (Å²) in [5, 5.41) is 2.75. The van der Waals surface area contributed by atoms with Crippen molar-refractivity contribution >= 4 is 22.9 Å². The molecule has 0 bridgehead atoms. The Bertz CT molecular complexity index is 443. The molecule has 0 atom stereocenters. The lowest BCUT2D eigenvalue weighted by atomic mass is 10.0. The molecular formula is C12H9+. The van der Waals surface area contributed by atoms with E-state index in [-0.39, 0.29) is 1.43 Å². The van der Waals surface area contributed by atoms with Crippen molar-refractivity contribution in [2.75, 3.05) is 0 Å². The van der Waals surface area contributed by atoms with E-state index in [2.05, 4.69) is 48.6 Å². The molecule has 0 aromatic heterocycles. The lowest BCUT2D eigenvalue weighted by molar-refractivity contribution is 1.72. The minimum atomic E-state index is 0. The highest BCUT2D eigenvalue weighted by molar-refractivity contribution is 6.04. The first-order valence-corrected chi connectivity index (χ1v) is 4.15. The highest BCUT2D eigenvalue weighted by Crippen LogP contribution is 2.30. The Kier molecular flexibility index (Phi) is 0.991. The lowest BCUT2D eigenvalue weighted by Crippen LogP contribution is -1.76. The Labute approximate surface area is 72.6 Å². The van der Waals surface area contributed by atoms with E-state index >= 15 is 0 Å². The fraction of sp³-hybridized carbons (Fsp3) is 0. The average molecular weight is 153 g/mol. The Hall–Kier alpha value is -1.56. The van der Waals surface area contributed by atoms with Gasteiger partial charge in [0.2, 0.25) is 0 Å². The second-order valence-electron chi connectivity index (χ2n) is 3.13. The van der Waals surface area contributed by atoms with Gasteiger partial charge in [-0.1, -0.05) is 48.6 Å². The van der Waals surface area contributed by atoms with E-state index in [4.69, 9.17) is 0 Å². The minimum absolute atomic E-state index is 0. The van der Waals surface area contributed by atoms with E-state index in [0.29, 0.717) is 0 Å². The van der Waals surface area contributed by atoms with Crippen LogP contribution in [-0.4, -0.2) is 0 Å². The molecule has 12 heavy (non-hydrogen) atoms. The predicted molar refractivity (Wildman–Crippen MR) is 54.0 cm³/mol. The molecule has 0 saturated heterocycles. The van der Waals surface area contributed by atoms with Gasteiger partial charge in [0.25, 0.3) is 0 Å². The molecule has 2 aromatic carbocycles. The topological polar surface area (TPSA) is 0 Å². The van der Waals surface area contributed by atoms with Gasteiger partial charge in [0.1, 0.15) is 0 Å². The third-order valence-electron chi connectivity index (χ3n) is 2.41. The first-order valence-electron chi connectivity index (χ1n) is 4.15. The predicted octanol–water partition coefficient (Wildman–Crippen LogP) is 3.44. The molecular weight excluding hydrogens is 144 g/mol. The summed E-state index contributed by atoms with van der Waals surface area (Å²) in [6.07, 6.45) is 4.36. The van der Waals surface area contributed by atoms with Crippen molar-refractivity contribution in [3.8, 4) is 0 Å². The molecule has 0 heteroatoms. The van der Waals surface area contributed by atoms with Gasteiger partial charge in [-0.2, -0.15) is 0 Å². The van der Waals surface area contributed by atoms with Gasteiger partial charge in [-0.3, -0.25) is 0 Å². The zero-order chi connectivity index (χ0) is 7.97. The fourth-order valence-corrected chi connectivity index (χ4v) is 1.86. The van der Waals surface area contributed by atoms with E-state index in [9.17, 15) is 0 Å². The van der Waals surface area contributed by atoms with Crippen molar-refractivity contribution in [1.29, 1.82) is 0 Å². The van der Waals surface area contributed by atoms with Gasteiger partial charge in [-0.25, -0.2) is 0 Å². The summed E-state index contributed by atoms with van der Waals surface area (Å²) >= 11 is 0. The monoisotopic (exact) mass is 153 g/mol. The van der Waals surface area contributed by atoms with Gasteiger partial charge in [0.15, 0.2) is 0 Å². The molecule has 3 rings (SSSR count). The van der Waals surface area contributed by atoms with Crippen molar-refractivity contribution in [1.82, 2.24) is 0 Å². The largest absolute Gasteiger partial charge is 1.00 e. The van der Waals surface area contributed by atoms with Crippen LogP contribution in [0.1, 0.15) is 12.6 Å². The molecule has 0 aliphatic heterocycles. The summed E-state index contributed by atoms with van der Waals surface area (Å²) in [7, 11) is 0. The van der Waals surface area contributed by atoms with E-state index in [1.165, 1.54) is 21.9 Å². The maximum atomic E-state index is 2.18. The third kappa shape index (κ3) is 0.620. The summed E-state index contributed by atoms with van der Waals surface area (Å²) in [5.74, 6) is 0. The van der Waals surface area contributed by atoms with Crippen molar-refractivity contribution in [2.45, 2.75) is 0 Å². The maximum Gasteiger partial charge on any atom is 1.00 e. The standard InChI is InChI=1S/C12H8/c1-3-9-4-2-6-11-8-7-10(5-1)12(9)11/h1-8H/p+1. The molecule has 0 heterocycles. The quantitative estimate of drug-likeness (QED) is 0.464. The van der Waals surface area contributed by atoms with Crippen LogP contribution in [-0.2, 0) is 0 Å². The Morgan fingerprint density at radius 3 is 1.92 bits per heavy atom. The van der Waals surface area contributed by atoms with Crippen molar-refractivity contribution < 1.29 is 1.43 Å². The Morgan fingerprint density at radius 1 is 0.750 bits per heavy atom. The third-order valence-corrected chi connectivity index (χ3v) is 2.41. The molecule has 0 N–H and O–H groups in total. The fourth-order valence-electron chi connectivity index (χ4n) is 1.86. The van der Waals surface area contributed by atoms with Gasteiger partial charge in [-0.15, -0.1) is 0 Å². The molecule has 56 valence electrons. The van der Waals surface area contributed by atoms with Crippen LogP contribution in [0.15, 0.2) is 36.4 Å². The van der Waals surface area contributed by atoms with Gasteiger partial charge in [-0.05, 0) is 21.9 Å².